The molecule has 1 amide bonds. The molecule has 16 heteroatoms. The highest BCUT2D eigenvalue weighted by Crippen LogP contribution is 2.66. The smallest absolute Gasteiger partial charge is 0.486 e. The first kappa shape index (κ1) is 43.3. The fourth-order valence-electron chi connectivity index (χ4n) is 10.1. The van der Waals surface area contributed by atoms with Gasteiger partial charge in [-0.3, -0.25) is 9.59 Å². The molecule has 3 aliphatic carbocycles. The van der Waals surface area contributed by atoms with Crippen LogP contribution in [0.3, 0.4) is 0 Å². The second-order valence-corrected chi connectivity index (χ2v) is 19.2. The van der Waals surface area contributed by atoms with Gasteiger partial charge in [-0.15, -0.1) is 0 Å². The van der Waals surface area contributed by atoms with Crippen molar-refractivity contribution in [2.75, 3.05) is 6.61 Å². The predicted molar refractivity (Wildman–Crippen MR) is 202 cm³/mol. The van der Waals surface area contributed by atoms with Crippen LogP contribution in [-0.4, -0.2) is 117 Å². The van der Waals surface area contributed by atoms with Crippen LogP contribution in [0.25, 0.3) is 0 Å². The highest BCUT2D eigenvalue weighted by Gasteiger charge is 2.82. The fraction of sp³-hybridized carbons (Fsp3) is 0.690. The van der Waals surface area contributed by atoms with Gasteiger partial charge in [0.25, 0.3) is 0 Å². The van der Waals surface area contributed by atoms with Crippen molar-refractivity contribution in [1.82, 2.24) is 5.32 Å². The molecule has 58 heavy (non-hydrogen) atoms. The number of amides is 1. The summed E-state index contributed by atoms with van der Waals surface area (Å²) in [6.07, 6.45) is -13.3. The number of ether oxygens (including phenoxy) is 7. The maximum absolute atomic E-state index is 15.1. The number of alkyl carbamates (subject to hydrolysis) is 1. The lowest BCUT2D eigenvalue weighted by molar-refractivity contribution is -0.343. The summed E-state index contributed by atoms with van der Waals surface area (Å²) in [5, 5.41) is 38.5. The standard InChI is InChI=1S/C42H57NO15/c1-20-26-28(47)31(48)40(11)24(45)17-25-41(19-52-25,56-21(2)44)30(40)33(53-22-15-13-12-14-16-22)42(39(26,9)10)32(55-36(51)58-42)29(20)54-34(49)27(46)23(18-37(3,4)5)43-35(50)57-38(6,7)8/h12-16,23-25,27-30,32-33,45-47H,17-19H2,1-11H3,(H,43,50)/t23-,24-,25?,27+,28+,29+,30?,32-,33-,40+,41-,42+/m0/s1. The molecule has 1 aromatic rings. The number of carbonyl (C=O) groups is 5. The number of nitrogens with one attached hydrogen (secondary N) is 1. The molecule has 5 aliphatic rings. The van der Waals surface area contributed by atoms with Crippen molar-refractivity contribution in [3.05, 3.63) is 41.5 Å². The molecule has 1 aromatic carbocycles. The maximum atomic E-state index is 15.1. The SMILES string of the molecule is CC(=O)O[C@@]12COC1C[C@H](O)[C@@]1(C)C(=O)[C@H](O)C3=C(C)[C@@H](OC(=O)[C@H](O)[C@H](CC(C)(C)C)NC(=O)OC(C)(C)C)[C@@H]4OC(=O)O[C@]4([C@@H](Oc4ccccc4)C21)C3(C)C. The van der Waals surface area contributed by atoms with Crippen LogP contribution in [0.15, 0.2) is 41.5 Å². The lowest BCUT2D eigenvalue weighted by Crippen LogP contribution is -2.83. The minimum absolute atomic E-state index is 0.000447. The maximum Gasteiger partial charge on any atom is 0.509 e. The molecule has 2 unspecified atom stereocenters. The largest absolute Gasteiger partial charge is 0.509 e. The van der Waals surface area contributed by atoms with Gasteiger partial charge >= 0.3 is 24.2 Å². The van der Waals surface area contributed by atoms with E-state index in [4.69, 9.17) is 33.2 Å². The van der Waals surface area contributed by atoms with Gasteiger partial charge in [-0.25, -0.2) is 14.4 Å². The highest BCUT2D eigenvalue weighted by atomic mass is 16.8. The summed E-state index contributed by atoms with van der Waals surface area (Å²) >= 11 is 0. The van der Waals surface area contributed by atoms with E-state index >= 15 is 4.79 Å². The number of Topliss-reactive ketones (excluding diaryl/α,β-unsaturated/α-hetero) is 1. The quantitative estimate of drug-likeness (QED) is 0.167. The summed E-state index contributed by atoms with van der Waals surface area (Å²) in [5.41, 5.74) is -8.57. The molecule has 320 valence electrons. The number of aliphatic hydroxyl groups excluding tert-OH is 3. The Morgan fingerprint density at radius 3 is 2.21 bits per heavy atom. The second-order valence-electron chi connectivity index (χ2n) is 19.2. The van der Waals surface area contributed by atoms with E-state index in [2.05, 4.69) is 5.32 Å². The zero-order valence-corrected chi connectivity index (χ0v) is 34.9. The summed E-state index contributed by atoms with van der Waals surface area (Å²) in [5.74, 6) is -3.95. The van der Waals surface area contributed by atoms with Crippen molar-refractivity contribution < 1.29 is 72.5 Å². The van der Waals surface area contributed by atoms with Gasteiger partial charge < -0.3 is 53.8 Å². The molecule has 2 bridgehead atoms. The monoisotopic (exact) mass is 815 g/mol. The molecule has 1 spiro atoms. The lowest BCUT2D eigenvalue weighted by Gasteiger charge is -2.67. The third kappa shape index (κ3) is 6.92. The minimum Gasteiger partial charge on any atom is -0.486 e. The molecule has 12 atom stereocenters. The van der Waals surface area contributed by atoms with E-state index in [1.165, 1.54) is 20.8 Å². The van der Waals surface area contributed by atoms with Crippen LogP contribution in [0.5, 0.6) is 5.75 Å². The number of benzene rings is 1. The van der Waals surface area contributed by atoms with Crippen molar-refractivity contribution in [3.63, 3.8) is 0 Å². The van der Waals surface area contributed by atoms with Gasteiger partial charge in [0.2, 0.25) is 5.60 Å². The van der Waals surface area contributed by atoms with Crippen molar-refractivity contribution in [1.29, 1.82) is 0 Å². The molecule has 0 radical (unpaired) electrons. The zero-order valence-electron chi connectivity index (χ0n) is 34.9. The Hall–Kier alpha value is -4.25. The van der Waals surface area contributed by atoms with E-state index < -0.39 is 118 Å². The average Bonchev–Trinajstić information content (AvgIpc) is 3.46. The zero-order chi connectivity index (χ0) is 43.1. The van der Waals surface area contributed by atoms with Gasteiger partial charge in [0, 0.05) is 18.8 Å². The molecule has 16 nitrogen and oxygen atoms in total. The van der Waals surface area contributed by atoms with Crippen LogP contribution in [0.4, 0.5) is 9.59 Å². The number of aliphatic hydroxyl groups is 3. The number of carbonyl (C=O) groups excluding carboxylic acids is 5. The molecule has 2 aliphatic heterocycles. The van der Waals surface area contributed by atoms with Gasteiger partial charge in [0.15, 0.2) is 35.8 Å². The van der Waals surface area contributed by atoms with Crippen LogP contribution in [0, 0.1) is 22.2 Å². The number of hydrogen-bond donors (Lipinski definition) is 4. The van der Waals surface area contributed by atoms with Crippen LogP contribution < -0.4 is 10.1 Å². The molecule has 6 rings (SSSR count). The van der Waals surface area contributed by atoms with E-state index in [9.17, 15) is 34.5 Å². The lowest BCUT2D eigenvalue weighted by atomic mass is 9.44. The Labute approximate surface area is 337 Å². The number of fused-ring (bicyclic) bond motifs is 4. The Morgan fingerprint density at radius 2 is 1.66 bits per heavy atom. The predicted octanol–water partition coefficient (Wildman–Crippen LogP) is 3.70. The second kappa shape index (κ2) is 14.5. The number of para-hydroxylation sites is 1. The Bertz CT molecular complexity index is 1860. The van der Waals surface area contributed by atoms with Gasteiger partial charge in [0.1, 0.15) is 23.6 Å². The van der Waals surface area contributed by atoms with E-state index in [0.717, 1.165) is 0 Å². The molecule has 4 N–H and O–H groups in total. The number of ketones is 1. The fourth-order valence-corrected chi connectivity index (χ4v) is 10.1. The first-order valence-corrected chi connectivity index (χ1v) is 19.6. The molecule has 4 fully saturated rings. The van der Waals surface area contributed by atoms with Crippen molar-refractivity contribution in [3.8, 4) is 5.75 Å². The van der Waals surface area contributed by atoms with Crippen LogP contribution in [0.2, 0.25) is 0 Å². The van der Waals surface area contributed by atoms with Crippen LogP contribution >= 0.6 is 0 Å². The minimum atomic E-state index is -2.11. The number of rotatable bonds is 8. The van der Waals surface area contributed by atoms with Gasteiger partial charge in [-0.1, -0.05) is 52.8 Å². The molecular weight excluding hydrogens is 758 g/mol. The third-order valence-corrected chi connectivity index (χ3v) is 12.6. The average molecular weight is 816 g/mol. The first-order valence-electron chi connectivity index (χ1n) is 19.6. The first-order chi connectivity index (χ1) is 26.7. The van der Waals surface area contributed by atoms with Crippen LogP contribution in [-0.2, 0) is 42.8 Å². The van der Waals surface area contributed by atoms with Crippen molar-refractivity contribution >= 4 is 30.0 Å². The Kier molecular flexibility index (Phi) is 10.8. The molecule has 2 saturated carbocycles. The van der Waals surface area contributed by atoms with Crippen molar-refractivity contribution in [2.24, 2.45) is 22.2 Å². The van der Waals surface area contributed by atoms with E-state index in [0.29, 0.717) is 0 Å². The van der Waals surface area contributed by atoms with E-state index in [-0.39, 0.29) is 36.3 Å². The highest BCUT2D eigenvalue weighted by molar-refractivity contribution is 5.94. The molecule has 2 saturated heterocycles. The summed E-state index contributed by atoms with van der Waals surface area (Å²) in [6, 6.07) is 7.16. The van der Waals surface area contributed by atoms with E-state index in [1.807, 2.05) is 20.8 Å². The normalized spacial score (nSPS) is 36.1. The number of hydrogen-bond acceptors (Lipinski definition) is 15. The summed E-state index contributed by atoms with van der Waals surface area (Å²) in [7, 11) is 0. The van der Waals surface area contributed by atoms with Crippen molar-refractivity contribution in [2.45, 2.75) is 155 Å². The third-order valence-electron chi connectivity index (χ3n) is 12.6. The number of esters is 2. The van der Waals surface area contributed by atoms with E-state index in [1.54, 1.807) is 65.0 Å². The summed E-state index contributed by atoms with van der Waals surface area (Å²) in [4.78, 5) is 69.0. The topological polar surface area (TPSA) is 223 Å². The Morgan fingerprint density at radius 1 is 1.02 bits per heavy atom. The van der Waals surface area contributed by atoms with Crippen LogP contribution in [0.1, 0.15) is 89.0 Å². The van der Waals surface area contributed by atoms with Gasteiger partial charge in [-0.05, 0) is 69.7 Å². The molecule has 0 aromatic heterocycles. The summed E-state index contributed by atoms with van der Waals surface area (Å²) in [6.45, 7) is 17.7. The molecule has 2 heterocycles. The van der Waals surface area contributed by atoms with Gasteiger partial charge in [-0.2, -0.15) is 0 Å². The summed E-state index contributed by atoms with van der Waals surface area (Å²) < 4.78 is 42.7. The molecular formula is C42H57NO15. The van der Waals surface area contributed by atoms with Gasteiger partial charge in [0.05, 0.1) is 30.1 Å². The Balaban J connectivity index is 1.55.